The summed E-state index contributed by atoms with van der Waals surface area (Å²) in [6.45, 7) is 5.79. The second kappa shape index (κ2) is 15.0. The van der Waals surface area contributed by atoms with Crippen LogP contribution >= 0.6 is 0 Å². The summed E-state index contributed by atoms with van der Waals surface area (Å²) in [5.41, 5.74) is 9.71. The number of fused-ring (bicyclic) bond motifs is 4. The Morgan fingerprint density at radius 2 is 0.809 bits per heavy atom. The van der Waals surface area contributed by atoms with Crippen molar-refractivity contribution < 1.29 is 57.1 Å². The molecule has 10 heteroatoms. The zero-order chi connectivity index (χ0) is 30.0. The van der Waals surface area contributed by atoms with Crippen LogP contribution in [0, 0.1) is 0 Å². The average molecular weight is 849 g/mol. The van der Waals surface area contributed by atoms with Crippen molar-refractivity contribution in [2.75, 3.05) is 0 Å². The first-order chi connectivity index (χ1) is 22.3. The zero-order valence-corrected chi connectivity index (χ0v) is 30.6. The summed E-state index contributed by atoms with van der Waals surface area (Å²) >= 11 is 0. The van der Waals surface area contributed by atoms with Gasteiger partial charge in [0.25, 0.3) is 0 Å². The highest BCUT2D eigenvalue weighted by Gasteiger charge is 2.18. The highest BCUT2D eigenvalue weighted by molar-refractivity contribution is 5.76. The fourth-order valence-corrected chi connectivity index (χ4v) is 6.81. The Morgan fingerprint density at radius 3 is 1.28 bits per heavy atom. The van der Waals surface area contributed by atoms with Gasteiger partial charge in [0, 0.05) is 32.4 Å². The Morgan fingerprint density at radius 1 is 0.426 bits per heavy atom. The summed E-state index contributed by atoms with van der Waals surface area (Å²) in [6.07, 6.45) is 11.7. The van der Waals surface area contributed by atoms with E-state index >= 15 is 0 Å². The van der Waals surface area contributed by atoms with Crippen molar-refractivity contribution in [2.45, 2.75) is 58.5 Å². The van der Waals surface area contributed by atoms with Crippen molar-refractivity contribution in [1.29, 1.82) is 0 Å². The molecule has 0 fully saturated rings. The third kappa shape index (κ3) is 6.80. The van der Waals surface area contributed by atoms with E-state index < -0.39 is 0 Å². The predicted octanol–water partition coefficient (Wildman–Crippen LogP) is 0.149. The first-order valence-corrected chi connectivity index (χ1v) is 16.1. The van der Waals surface area contributed by atoms with Crippen molar-refractivity contribution in [3.8, 4) is 0 Å². The first kappa shape index (κ1) is 33.1. The number of benzene rings is 4. The minimum atomic E-state index is 0. The lowest BCUT2D eigenvalue weighted by molar-refractivity contribution is -0.703. The monoisotopic (exact) mass is 848 g/mol. The normalized spacial score (nSPS) is 11.4. The van der Waals surface area contributed by atoms with Gasteiger partial charge < -0.3 is 57.1 Å². The quantitative estimate of drug-likeness (QED) is 0.130. The van der Waals surface area contributed by atoms with Crippen LogP contribution in [0.3, 0.4) is 0 Å². The van der Waals surface area contributed by atoms with Gasteiger partial charge in [0.05, 0.1) is 60.9 Å². The summed E-state index contributed by atoms with van der Waals surface area (Å²) in [7, 11) is 0. The summed E-state index contributed by atoms with van der Waals surface area (Å²) in [6, 6.07) is 34.3. The molecule has 8 nitrogen and oxygen atoms in total. The van der Waals surface area contributed by atoms with E-state index in [2.05, 4.69) is 135 Å². The van der Waals surface area contributed by atoms with Gasteiger partial charge in [0.2, 0.25) is 12.7 Å². The summed E-state index contributed by atoms with van der Waals surface area (Å²) in [5, 5.41) is 0. The van der Waals surface area contributed by atoms with E-state index in [1.807, 2.05) is 24.8 Å². The van der Waals surface area contributed by atoms with Crippen LogP contribution in [0.15, 0.2) is 122 Å². The van der Waals surface area contributed by atoms with Gasteiger partial charge in [-0.15, -0.1) is 0 Å². The Balaban J connectivity index is 0.00000193. The van der Waals surface area contributed by atoms with Crippen LogP contribution in [-0.4, -0.2) is 28.2 Å². The topological polar surface area (TPSA) is 53.3 Å². The van der Waals surface area contributed by atoms with Crippen molar-refractivity contribution in [2.24, 2.45) is 0 Å². The molecule has 0 bridgehead atoms. The third-order valence-corrected chi connectivity index (χ3v) is 9.01. The van der Waals surface area contributed by atoms with Crippen LogP contribution in [0.25, 0.3) is 44.1 Å². The Hall–Kier alpha value is -3.78. The third-order valence-electron chi connectivity index (χ3n) is 9.01. The van der Waals surface area contributed by atoms with Crippen LogP contribution in [0.1, 0.15) is 19.3 Å². The van der Waals surface area contributed by atoms with Crippen LogP contribution in [0.2, 0.25) is 0 Å². The van der Waals surface area contributed by atoms with Crippen molar-refractivity contribution >= 4 is 44.1 Å². The van der Waals surface area contributed by atoms with E-state index in [0.29, 0.717) is 0 Å². The smallest absolute Gasteiger partial charge is 0.244 e. The van der Waals surface area contributed by atoms with Gasteiger partial charge in [-0.1, -0.05) is 48.5 Å². The molecule has 47 heavy (non-hydrogen) atoms. The standard InChI is InChI=1S/C37H38N8.2HI/c1-3-14-32-30(12-1)38-26-40(32)20-9-22-42-28-44(36-18-7-5-16-34(36)42)24-11-25-45-29-43(35-17-6-8-19-37(35)45)23-10-21-41-27-39-31-13-2-4-15-33(31)41;;/h1-8,12-19,26-29H,9-11,20-25H2;2*1H/q+2;;/p-2. The van der Waals surface area contributed by atoms with E-state index in [1.165, 1.54) is 33.1 Å². The summed E-state index contributed by atoms with van der Waals surface area (Å²) < 4.78 is 14.2. The minimum absolute atomic E-state index is 0. The van der Waals surface area contributed by atoms with Crippen molar-refractivity contribution in [3.05, 3.63) is 122 Å². The SMILES string of the molecule is [I-].[I-].c1ccc2c(c1)ncn2CCCn1c[n+](CCC[n+]2cn(CCCn3cnc4ccccc43)c3ccccc32)c2ccccc21. The zero-order valence-electron chi connectivity index (χ0n) is 26.2. The number of halogens is 2. The minimum Gasteiger partial charge on any atom is -1.00 e. The van der Waals surface area contributed by atoms with Crippen molar-refractivity contribution in [1.82, 2.24) is 28.2 Å². The molecule has 4 aromatic heterocycles. The Labute approximate surface area is 308 Å². The molecule has 0 aliphatic heterocycles. The molecule has 0 saturated heterocycles. The second-order valence-electron chi connectivity index (χ2n) is 11.9. The van der Waals surface area contributed by atoms with E-state index in [9.17, 15) is 0 Å². The van der Waals surface area contributed by atoms with Crippen molar-refractivity contribution in [3.63, 3.8) is 0 Å². The van der Waals surface area contributed by atoms with Gasteiger partial charge in [0.1, 0.15) is 0 Å². The van der Waals surface area contributed by atoms with Crippen LogP contribution in [0.5, 0.6) is 0 Å². The Bertz CT molecular complexity index is 2080. The molecule has 0 aliphatic carbocycles. The second-order valence-corrected chi connectivity index (χ2v) is 11.9. The van der Waals surface area contributed by atoms with Gasteiger partial charge in [0.15, 0.2) is 22.1 Å². The number of imidazole rings is 4. The van der Waals surface area contributed by atoms with Gasteiger partial charge >= 0.3 is 0 Å². The van der Waals surface area contributed by atoms with E-state index in [4.69, 9.17) is 0 Å². The lowest BCUT2D eigenvalue weighted by Crippen LogP contribution is -3.00. The van der Waals surface area contributed by atoms with E-state index in [0.717, 1.165) is 69.6 Å². The highest BCUT2D eigenvalue weighted by Crippen LogP contribution is 2.17. The molecular weight excluding hydrogens is 810 g/mol. The molecule has 0 amide bonds. The summed E-state index contributed by atoms with van der Waals surface area (Å²) in [4.78, 5) is 9.12. The summed E-state index contributed by atoms with van der Waals surface area (Å²) in [5.74, 6) is 0. The first-order valence-electron chi connectivity index (χ1n) is 16.1. The molecule has 8 aromatic rings. The van der Waals surface area contributed by atoms with Crippen LogP contribution < -0.4 is 57.1 Å². The number of hydrogen-bond donors (Lipinski definition) is 0. The fourth-order valence-electron chi connectivity index (χ4n) is 6.81. The van der Waals surface area contributed by atoms with Gasteiger partial charge in [-0.3, -0.25) is 0 Å². The largest absolute Gasteiger partial charge is 1.00 e. The molecule has 0 aliphatic rings. The molecule has 0 unspecified atom stereocenters. The molecule has 4 aromatic carbocycles. The van der Waals surface area contributed by atoms with E-state index in [1.54, 1.807) is 0 Å². The molecule has 0 spiro atoms. The molecule has 240 valence electrons. The van der Waals surface area contributed by atoms with Gasteiger partial charge in [-0.2, -0.15) is 0 Å². The maximum absolute atomic E-state index is 4.56. The number of para-hydroxylation sites is 8. The molecule has 0 saturated carbocycles. The molecule has 4 heterocycles. The number of nitrogens with zero attached hydrogens (tertiary/aromatic N) is 8. The molecule has 0 atom stereocenters. The van der Waals surface area contributed by atoms with Crippen LogP contribution in [-0.2, 0) is 39.3 Å². The highest BCUT2D eigenvalue weighted by atomic mass is 127. The number of rotatable bonds is 12. The Kier molecular flexibility index (Phi) is 10.6. The number of hydrogen-bond acceptors (Lipinski definition) is 2. The number of aromatic nitrogens is 8. The molecule has 0 N–H and O–H groups in total. The van der Waals surface area contributed by atoms with Crippen LogP contribution in [0.4, 0.5) is 0 Å². The maximum atomic E-state index is 4.56. The lowest BCUT2D eigenvalue weighted by atomic mass is 10.3. The fraction of sp³-hybridized carbons (Fsp3) is 0.243. The average Bonchev–Trinajstić information content (AvgIpc) is 3.86. The number of aryl methyl sites for hydroxylation is 6. The molecule has 0 radical (unpaired) electrons. The van der Waals surface area contributed by atoms with E-state index in [-0.39, 0.29) is 48.0 Å². The molecule has 8 rings (SSSR count). The molecular formula is C37H38I2N8. The van der Waals surface area contributed by atoms with Gasteiger partial charge in [-0.05, 0) is 48.5 Å². The van der Waals surface area contributed by atoms with Gasteiger partial charge in [-0.25, -0.2) is 28.2 Å². The predicted molar refractivity (Wildman–Crippen MR) is 178 cm³/mol. The lowest BCUT2D eigenvalue weighted by Gasteiger charge is -2.03. The maximum Gasteiger partial charge on any atom is 0.244 e.